The number of hydrogen-bond acceptors (Lipinski definition) is 4. The molecule has 0 atom stereocenters. The Morgan fingerprint density at radius 3 is 2.79 bits per heavy atom. The van der Waals surface area contributed by atoms with Gasteiger partial charge in [0.25, 0.3) is 5.56 Å². The predicted molar refractivity (Wildman–Crippen MR) is 77.4 cm³/mol. The molecular formula is C14H13N3OS. The molecule has 19 heavy (non-hydrogen) atoms. The topological polar surface area (TPSA) is 47.8 Å². The fourth-order valence-corrected chi connectivity index (χ4v) is 2.96. The van der Waals surface area contributed by atoms with Crippen molar-refractivity contribution in [1.29, 1.82) is 0 Å². The van der Waals surface area contributed by atoms with Crippen molar-refractivity contribution in [2.24, 2.45) is 0 Å². The van der Waals surface area contributed by atoms with Gasteiger partial charge in [-0.3, -0.25) is 4.79 Å². The molecule has 2 aromatic heterocycles. The van der Waals surface area contributed by atoms with E-state index in [0.717, 1.165) is 16.9 Å². The quantitative estimate of drug-likeness (QED) is 0.736. The van der Waals surface area contributed by atoms with Gasteiger partial charge in [0.05, 0.1) is 5.39 Å². The minimum absolute atomic E-state index is 0.0507. The van der Waals surface area contributed by atoms with Crippen LogP contribution in [0.5, 0.6) is 0 Å². The van der Waals surface area contributed by atoms with Gasteiger partial charge in [0.2, 0.25) is 0 Å². The zero-order valence-electron chi connectivity index (χ0n) is 10.5. The molecule has 0 saturated heterocycles. The molecule has 0 saturated carbocycles. The Morgan fingerprint density at radius 2 is 2.05 bits per heavy atom. The fourth-order valence-electron chi connectivity index (χ4n) is 1.99. The lowest BCUT2D eigenvalue weighted by Gasteiger charge is -1.98. The minimum atomic E-state index is -0.0507. The van der Waals surface area contributed by atoms with E-state index >= 15 is 0 Å². The van der Waals surface area contributed by atoms with E-state index in [4.69, 9.17) is 0 Å². The monoisotopic (exact) mass is 271 g/mol. The van der Waals surface area contributed by atoms with Gasteiger partial charge in [-0.05, 0) is 18.1 Å². The molecule has 0 unspecified atom stereocenters. The van der Waals surface area contributed by atoms with Crippen molar-refractivity contribution >= 4 is 21.6 Å². The largest absolute Gasteiger partial charge is 0.278 e. The van der Waals surface area contributed by atoms with Crippen LogP contribution in [0, 0.1) is 0 Å². The van der Waals surface area contributed by atoms with E-state index in [1.807, 2.05) is 43.3 Å². The third-order valence-corrected chi connectivity index (χ3v) is 3.98. The van der Waals surface area contributed by atoms with Crippen LogP contribution in [0.25, 0.3) is 20.7 Å². The lowest BCUT2D eigenvalue weighted by molar-refractivity contribution is 0.542. The van der Waals surface area contributed by atoms with Gasteiger partial charge < -0.3 is 0 Å². The maximum Gasteiger partial charge on any atom is 0.278 e. The highest BCUT2D eigenvalue weighted by Crippen LogP contribution is 2.30. The van der Waals surface area contributed by atoms with Gasteiger partial charge in [0, 0.05) is 11.4 Å². The van der Waals surface area contributed by atoms with Crippen LogP contribution in [0.15, 0.2) is 41.2 Å². The Kier molecular flexibility index (Phi) is 3.13. The Balaban J connectivity index is 2.16. The lowest BCUT2D eigenvalue weighted by atomic mass is 10.2. The van der Waals surface area contributed by atoms with Crippen molar-refractivity contribution in [3.63, 3.8) is 0 Å². The van der Waals surface area contributed by atoms with Crippen LogP contribution >= 0.6 is 11.3 Å². The average molecular weight is 271 g/mol. The van der Waals surface area contributed by atoms with Gasteiger partial charge >= 0.3 is 0 Å². The number of nitrogens with zero attached hydrogens (tertiary/aromatic N) is 3. The fraction of sp³-hybridized carbons (Fsp3) is 0.214. The molecule has 0 aliphatic rings. The summed E-state index contributed by atoms with van der Waals surface area (Å²) in [5.41, 5.74) is 1.05. The molecule has 0 bridgehead atoms. The van der Waals surface area contributed by atoms with Crippen LogP contribution in [-0.2, 0) is 6.54 Å². The molecule has 2 heterocycles. The van der Waals surface area contributed by atoms with E-state index in [0.29, 0.717) is 16.8 Å². The molecule has 0 aliphatic carbocycles. The highest BCUT2D eigenvalue weighted by Gasteiger charge is 2.10. The standard InChI is InChI=1S/C14H13N3OS/c1-2-8-17-14(18)11-9-12(19-13(11)15-16-17)10-6-4-3-5-7-10/h3-7,9H,2,8H2,1H3. The van der Waals surface area contributed by atoms with Crippen LogP contribution in [-0.4, -0.2) is 15.0 Å². The molecule has 0 spiro atoms. The first kappa shape index (κ1) is 12.0. The van der Waals surface area contributed by atoms with Crippen molar-refractivity contribution in [2.75, 3.05) is 0 Å². The summed E-state index contributed by atoms with van der Waals surface area (Å²) in [5, 5.41) is 8.77. The van der Waals surface area contributed by atoms with E-state index in [1.165, 1.54) is 16.0 Å². The number of benzene rings is 1. The predicted octanol–water partition coefficient (Wildman–Crippen LogP) is 2.93. The zero-order valence-corrected chi connectivity index (χ0v) is 11.4. The van der Waals surface area contributed by atoms with Gasteiger partial charge in [-0.15, -0.1) is 16.4 Å². The maximum absolute atomic E-state index is 12.2. The summed E-state index contributed by atoms with van der Waals surface area (Å²) >= 11 is 1.50. The van der Waals surface area contributed by atoms with E-state index in [1.54, 1.807) is 0 Å². The molecule has 0 fully saturated rings. The molecule has 0 N–H and O–H groups in total. The molecule has 4 nitrogen and oxygen atoms in total. The van der Waals surface area contributed by atoms with Crippen molar-refractivity contribution < 1.29 is 0 Å². The normalized spacial score (nSPS) is 11.0. The summed E-state index contributed by atoms with van der Waals surface area (Å²) in [6, 6.07) is 11.9. The third-order valence-electron chi connectivity index (χ3n) is 2.91. The molecule has 0 amide bonds. The second kappa shape index (κ2) is 4.93. The second-order valence-corrected chi connectivity index (χ2v) is 5.34. The summed E-state index contributed by atoms with van der Waals surface area (Å²) in [5.74, 6) is 0. The van der Waals surface area contributed by atoms with Crippen LogP contribution < -0.4 is 5.56 Å². The number of thiophene rings is 1. The number of hydrogen-bond donors (Lipinski definition) is 0. The van der Waals surface area contributed by atoms with E-state index in [-0.39, 0.29) is 5.56 Å². The highest BCUT2D eigenvalue weighted by molar-refractivity contribution is 7.21. The van der Waals surface area contributed by atoms with Crippen LogP contribution in [0.4, 0.5) is 0 Å². The van der Waals surface area contributed by atoms with Gasteiger partial charge in [0.1, 0.15) is 0 Å². The van der Waals surface area contributed by atoms with Gasteiger partial charge in [0.15, 0.2) is 4.83 Å². The van der Waals surface area contributed by atoms with Crippen molar-refractivity contribution in [3.05, 3.63) is 46.8 Å². The first-order valence-electron chi connectivity index (χ1n) is 6.22. The number of rotatable bonds is 3. The molecule has 3 rings (SSSR count). The van der Waals surface area contributed by atoms with Gasteiger partial charge in [-0.2, -0.15) is 0 Å². The summed E-state index contributed by atoms with van der Waals surface area (Å²) in [6.45, 7) is 2.62. The Morgan fingerprint density at radius 1 is 1.26 bits per heavy atom. The zero-order chi connectivity index (χ0) is 13.2. The smallest absolute Gasteiger partial charge is 0.267 e. The summed E-state index contributed by atoms with van der Waals surface area (Å²) in [6.07, 6.45) is 0.871. The first-order chi connectivity index (χ1) is 9.29. The van der Waals surface area contributed by atoms with Crippen LogP contribution in [0.2, 0.25) is 0 Å². The van der Waals surface area contributed by atoms with Crippen molar-refractivity contribution in [2.45, 2.75) is 19.9 Å². The second-order valence-electron chi connectivity index (χ2n) is 4.31. The molecule has 1 aromatic carbocycles. The van der Waals surface area contributed by atoms with Crippen LogP contribution in [0.3, 0.4) is 0 Å². The summed E-state index contributed by atoms with van der Waals surface area (Å²) < 4.78 is 1.43. The third kappa shape index (κ3) is 2.17. The molecule has 3 aromatic rings. The number of aromatic nitrogens is 3. The molecular weight excluding hydrogens is 258 g/mol. The minimum Gasteiger partial charge on any atom is -0.267 e. The molecule has 0 radical (unpaired) electrons. The van der Waals surface area contributed by atoms with Crippen molar-refractivity contribution in [3.8, 4) is 10.4 Å². The Labute approximate surface area is 114 Å². The maximum atomic E-state index is 12.2. The Hall–Kier alpha value is -2.01. The Bertz CT molecular complexity index is 761. The highest BCUT2D eigenvalue weighted by atomic mass is 32.1. The first-order valence-corrected chi connectivity index (χ1v) is 7.04. The average Bonchev–Trinajstić information content (AvgIpc) is 2.88. The number of fused-ring (bicyclic) bond motifs is 1. The van der Waals surface area contributed by atoms with Crippen molar-refractivity contribution in [1.82, 2.24) is 15.0 Å². The van der Waals surface area contributed by atoms with Crippen LogP contribution in [0.1, 0.15) is 13.3 Å². The molecule has 96 valence electrons. The molecule has 5 heteroatoms. The summed E-state index contributed by atoms with van der Waals surface area (Å²) in [7, 11) is 0. The SMILES string of the molecule is CCCn1nnc2sc(-c3ccccc3)cc2c1=O. The molecule has 0 aliphatic heterocycles. The number of aryl methyl sites for hydroxylation is 1. The summed E-state index contributed by atoms with van der Waals surface area (Å²) in [4.78, 5) is 14.0. The van der Waals surface area contributed by atoms with E-state index in [2.05, 4.69) is 10.3 Å². The van der Waals surface area contributed by atoms with Gasteiger partial charge in [-0.1, -0.05) is 42.5 Å². The van der Waals surface area contributed by atoms with E-state index in [9.17, 15) is 4.79 Å². The van der Waals surface area contributed by atoms with E-state index < -0.39 is 0 Å². The van der Waals surface area contributed by atoms with Gasteiger partial charge in [-0.25, -0.2) is 4.68 Å². The lowest BCUT2D eigenvalue weighted by Crippen LogP contribution is -2.23.